The Morgan fingerprint density at radius 2 is 1.74 bits per heavy atom. The van der Waals surface area contributed by atoms with Crippen LogP contribution >= 0.6 is 0 Å². The number of nitrogens with two attached hydrogens (primary N) is 1. The highest BCUT2D eigenvalue weighted by atomic mass is 32.2. The van der Waals surface area contributed by atoms with Crippen molar-refractivity contribution in [2.24, 2.45) is 5.14 Å². The van der Waals surface area contributed by atoms with Crippen LogP contribution in [0.3, 0.4) is 0 Å². The standard InChI is InChI=1S/C19H21N3O4S/c20-27(25,26)17-9-3-14(4-10-17)11-12-21-19(24)15-5-7-16(8-6-15)22-13-1-2-18(22)23/h3-10H,1-2,11-13H2,(H,21,24)(H2,20,25,26). The van der Waals surface area contributed by atoms with Crippen molar-refractivity contribution in [3.05, 3.63) is 59.7 Å². The van der Waals surface area contributed by atoms with E-state index in [1.807, 2.05) is 0 Å². The molecule has 7 nitrogen and oxygen atoms in total. The predicted octanol–water partition coefficient (Wildman–Crippen LogP) is 1.43. The van der Waals surface area contributed by atoms with E-state index in [4.69, 9.17) is 5.14 Å². The number of hydrogen-bond donors (Lipinski definition) is 2. The van der Waals surface area contributed by atoms with E-state index in [2.05, 4.69) is 5.32 Å². The molecule has 2 aromatic carbocycles. The van der Waals surface area contributed by atoms with Gasteiger partial charge in [-0.3, -0.25) is 9.59 Å². The molecule has 2 aromatic rings. The van der Waals surface area contributed by atoms with Crippen molar-refractivity contribution >= 4 is 27.5 Å². The van der Waals surface area contributed by atoms with Crippen LogP contribution in [-0.2, 0) is 21.2 Å². The quantitative estimate of drug-likeness (QED) is 0.781. The number of amides is 2. The average molecular weight is 387 g/mol. The zero-order valence-corrected chi connectivity index (χ0v) is 15.5. The first kappa shape index (κ1) is 19.1. The topological polar surface area (TPSA) is 110 Å². The summed E-state index contributed by atoms with van der Waals surface area (Å²) in [7, 11) is -3.70. The lowest BCUT2D eigenvalue weighted by molar-refractivity contribution is -0.117. The smallest absolute Gasteiger partial charge is 0.251 e. The molecule has 1 aliphatic rings. The molecule has 0 aliphatic carbocycles. The van der Waals surface area contributed by atoms with Gasteiger partial charge in [0.05, 0.1) is 4.90 Å². The van der Waals surface area contributed by atoms with Crippen LogP contribution in [0, 0.1) is 0 Å². The fraction of sp³-hybridized carbons (Fsp3) is 0.263. The van der Waals surface area contributed by atoms with Gasteiger partial charge in [-0.25, -0.2) is 13.6 Å². The normalized spacial score (nSPS) is 14.4. The van der Waals surface area contributed by atoms with E-state index in [9.17, 15) is 18.0 Å². The first-order chi connectivity index (χ1) is 12.8. The molecule has 27 heavy (non-hydrogen) atoms. The number of carbonyl (C=O) groups excluding carboxylic acids is 2. The Morgan fingerprint density at radius 1 is 1.07 bits per heavy atom. The number of anilines is 1. The molecule has 1 heterocycles. The highest BCUT2D eigenvalue weighted by Crippen LogP contribution is 2.21. The van der Waals surface area contributed by atoms with E-state index in [-0.39, 0.29) is 16.7 Å². The van der Waals surface area contributed by atoms with Crippen LogP contribution in [0.25, 0.3) is 0 Å². The highest BCUT2D eigenvalue weighted by Gasteiger charge is 2.21. The lowest BCUT2D eigenvalue weighted by Crippen LogP contribution is -2.26. The third kappa shape index (κ3) is 4.72. The van der Waals surface area contributed by atoms with E-state index < -0.39 is 10.0 Å². The van der Waals surface area contributed by atoms with Gasteiger partial charge in [0, 0.05) is 30.8 Å². The van der Waals surface area contributed by atoms with Crippen molar-refractivity contribution in [2.75, 3.05) is 18.0 Å². The van der Waals surface area contributed by atoms with Gasteiger partial charge >= 0.3 is 0 Å². The molecule has 1 aliphatic heterocycles. The second-order valence-electron chi connectivity index (χ2n) is 6.39. The van der Waals surface area contributed by atoms with Crippen molar-refractivity contribution in [3.63, 3.8) is 0 Å². The summed E-state index contributed by atoms with van der Waals surface area (Å²) in [5, 5.41) is 7.89. The highest BCUT2D eigenvalue weighted by molar-refractivity contribution is 7.89. The number of sulfonamides is 1. The molecular formula is C19H21N3O4S. The molecule has 0 atom stereocenters. The van der Waals surface area contributed by atoms with E-state index in [1.54, 1.807) is 41.3 Å². The number of hydrogen-bond acceptors (Lipinski definition) is 4. The molecular weight excluding hydrogens is 366 g/mol. The summed E-state index contributed by atoms with van der Waals surface area (Å²) >= 11 is 0. The number of benzene rings is 2. The number of carbonyl (C=O) groups is 2. The fourth-order valence-electron chi connectivity index (χ4n) is 2.98. The SMILES string of the molecule is NS(=O)(=O)c1ccc(CCNC(=O)c2ccc(N3CCCC3=O)cc2)cc1. The van der Waals surface area contributed by atoms with Gasteiger partial charge in [0.1, 0.15) is 0 Å². The first-order valence-corrected chi connectivity index (χ1v) is 10.2. The van der Waals surface area contributed by atoms with E-state index in [1.165, 1.54) is 12.1 Å². The third-order valence-electron chi connectivity index (χ3n) is 4.47. The van der Waals surface area contributed by atoms with Crippen molar-refractivity contribution < 1.29 is 18.0 Å². The molecule has 0 aromatic heterocycles. The molecule has 1 saturated heterocycles. The molecule has 3 rings (SSSR count). The van der Waals surface area contributed by atoms with Gasteiger partial charge in [-0.2, -0.15) is 0 Å². The Hall–Kier alpha value is -2.71. The molecule has 0 spiro atoms. The first-order valence-electron chi connectivity index (χ1n) is 8.65. The maximum absolute atomic E-state index is 12.2. The van der Waals surface area contributed by atoms with Gasteiger partial charge in [0.15, 0.2) is 0 Å². The molecule has 0 saturated carbocycles. The summed E-state index contributed by atoms with van der Waals surface area (Å²) in [6.07, 6.45) is 2.00. The van der Waals surface area contributed by atoms with Gasteiger partial charge in [0.25, 0.3) is 5.91 Å². The Bertz CT molecular complexity index is 938. The molecule has 0 bridgehead atoms. The fourth-order valence-corrected chi connectivity index (χ4v) is 3.50. The summed E-state index contributed by atoms with van der Waals surface area (Å²) in [5.41, 5.74) is 2.23. The predicted molar refractivity (Wildman–Crippen MR) is 102 cm³/mol. The van der Waals surface area contributed by atoms with Gasteiger partial charge in [0.2, 0.25) is 15.9 Å². The van der Waals surface area contributed by atoms with E-state index in [0.29, 0.717) is 31.5 Å². The van der Waals surface area contributed by atoms with Gasteiger partial charge in [-0.05, 0) is 54.8 Å². The van der Waals surface area contributed by atoms with Crippen molar-refractivity contribution in [1.82, 2.24) is 5.32 Å². The lowest BCUT2D eigenvalue weighted by atomic mass is 10.1. The minimum atomic E-state index is -3.70. The lowest BCUT2D eigenvalue weighted by Gasteiger charge is -2.15. The van der Waals surface area contributed by atoms with E-state index in [0.717, 1.165) is 17.7 Å². The number of nitrogens with one attached hydrogen (secondary N) is 1. The number of nitrogens with zero attached hydrogens (tertiary/aromatic N) is 1. The van der Waals surface area contributed by atoms with Crippen LogP contribution in [0.1, 0.15) is 28.8 Å². The maximum atomic E-state index is 12.2. The maximum Gasteiger partial charge on any atom is 0.251 e. The average Bonchev–Trinajstić information content (AvgIpc) is 3.07. The summed E-state index contributed by atoms with van der Waals surface area (Å²) in [6.45, 7) is 1.13. The molecule has 0 radical (unpaired) electrons. The zero-order chi connectivity index (χ0) is 19.4. The minimum absolute atomic E-state index is 0.0619. The largest absolute Gasteiger partial charge is 0.352 e. The molecule has 1 fully saturated rings. The van der Waals surface area contributed by atoms with Gasteiger partial charge < -0.3 is 10.2 Å². The van der Waals surface area contributed by atoms with Crippen LogP contribution in [0.15, 0.2) is 53.4 Å². The van der Waals surface area contributed by atoms with Crippen molar-refractivity contribution in [2.45, 2.75) is 24.2 Å². The summed E-state index contributed by atoms with van der Waals surface area (Å²) < 4.78 is 22.5. The Morgan fingerprint density at radius 3 is 2.30 bits per heavy atom. The molecule has 2 amide bonds. The van der Waals surface area contributed by atoms with E-state index >= 15 is 0 Å². The van der Waals surface area contributed by atoms with Crippen LogP contribution in [0.5, 0.6) is 0 Å². The van der Waals surface area contributed by atoms with Crippen LogP contribution in [0.2, 0.25) is 0 Å². The van der Waals surface area contributed by atoms with Crippen LogP contribution in [-0.4, -0.2) is 33.3 Å². The van der Waals surface area contributed by atoms with Gasteiger partial charge in [-0.15, -0.1) is 0 Å². The number of rotatable bonds is 6. The second kappa shape index (κ2) is 7.89. The van der Waals surface area contributed by atoms with Crippen molar-refractivity contribution in [3.8, 4) is 0 Å². The Balaban J connectivity index is 1.52. The monoisotopic (exact) mass is 387 g/mol. The Kier molecular flexibility index (Phi) is 5.57. The van der Waals surface area contributed by atoms with Crippen LogP contribution < -0.4 is 15.4 Å². The molecule has 3 N–H and O–H groups in total. The minimum Gasteiger partial charge on any atom is -0.352 e. The number of primary sulfonamides is 1. The summed E-state index contributed by atoms with van der Waals surface area (Å²) in [4.78, 5) is 25.8. The zero-order valence-electron chi connectivity index (χ0n) is 14.7. The summed E-state index contributed by atoms with van der Waals surface area (Å²) in [6, 6.07) is 13.2. The molecule has 0 unspecified atom stereocenters. The Labute approximate surface area is 158 Å². The summed E-state index contributed by atoms with van der Waals surface area (Å²) in [5.74, 6) is -0.0869. The second-order valence-corrected chi connectivity index (χ2v) is 7.95. The van der Waals surface area contributed by atoms with Gasteiger partial charge in [-0.1, -0.05) is 12.1 Å². The van der Waals surface area contributed by atoms with Crippen LogP contribution in [0.4, 0.5) is 5.69 Å². The van der Waals surface area contributed by atoms with Crippen molar-refractivity contribution in [1.29, 1.82) is 0 Å². The molecule has 8 heteroatoms. The third-order valence-corrected chi connectivity index (χ3v) is 5.39. The molecule has 142 valence electrons.